The van der Waals surface area contributed by atoms with Gasteiger partial charge in [0, 0.05) is 49.2 Å². The maximum absolute atomic E-state index is 14.9. The highest BCUT2D eigenvalue weighted by Crippen LogP contribution is 2.38. The maximum atomic E-state index is 14.9. The van der Waals surface area contributed by atoms with E-state index >= 15 is 0 Å². The lowest BCUT2D eigenvalue weighted by Crippen LogP contribution is -2.30. The zero-order valence-corrected chi connectivity index (χ0v) is 15.9. The van der Waals surface area contributed by atoms with E-state index < -0.39 is 23.4 Å². The second-order valence-electron chi connectivity index (χ2n) is 8.50. The number of pyridine rings is 1. The molecule has 2 aromatic rings. The zero-order valence-electron chi connectivity index (χ0n) is 15.9. The predicted molar refractivity (Wildman–Crippen MR) is 105 cm³/mol. The van der Waals surface area contributed by atoms with Crippen molar-refractivity contribution in [1.82, 2.24) is 9.88 Å². The van der Waals surface area contributed by atoms with Gasteiger partial charge in [-0.25, -0.2) is 13.6 Å². The smallest absolute Gasteiger partial charge is 0.341 e. The van der Waals surface area contributed by atoms with Crippen molar-refractivity contribution in [2.24, 2.45) is 5.92 Å². The quantitative estimate of drug-likeness (QED) is 0.776. The molecule has 6 nitrogen and oxygen atoms in total. The summed E-state index contributed by atoms with van der Waals surface area (Å²) < 4.78 is 31.2. The van der Waals surface area contributed by atoms with Gasteiger partial charge in [0.1, 0.15) is 17.6 Å². The van der Waals surface area contributed by atoms with Crippen LogP contribution in [0.4, 0.5) is 14.5 Å². The first-order valence-electron chi connectivity index (χ1n) is 10.2. The average molecular weight is 403 g/mol. The summed E-state index contributed by atoms with van der Waals surface area (Å²) >= 11 is 0. The lowest BCUT2D eigenvalue weighted by Gasteiger charge is -2.21. The van der Waals surface area contributed by atoms with E-state index in [1.54, 1.807) is 15.5 Å². The molecule has 2 heterocycles. The number of nitrogens with one attached hydrogen (secondary N) is 1. The Labute approximate surface area is 166 Å². The minimum absolute atomic E-state index is 0.0565. The number of anilines is 1. The van der Waals surface area contributed by atoms with Crippen molar-refractivity contribution in [3.8, 4) is 0 Å². The summed E-state index contributed by atoms with van der Waals surface area (Å²) in [7, 11) is 0. The van der Waals surface area contributed by atoms with Crippen molar-refractivity contribution in [2.75, 3.05) is 24.5 Å². The Bertz CT molecular complexity index is 1050. The van der Waals surface area contributed by atoms with Gasteiger partial charge >= 0.3 is 5.97 Å². The number of aromatic carboxylic acids is 1. The second-order valence-corrected chi connectivity index (χ2v) is 8.50. The first-order chi connectivity index (χ1) is 13.9. The third-order valence-electron chi connectivity index (χ3n) is 6.22. The molecular formula is C21H23F2N3O3. The molecule has 2 N–H and O–H groups in total. The van der Waals surface area contributed by atoms with Crippen LogP contribution in [0.15, 0.2) is 23.1 Å². The Balaban J connectivity index is 1.52. The molecule has 2 saturated carbocycles. The van der Waals surface area contributed by atoms with E-state index in [2.05, 4.69) is 5.32 Å². The minimum atomic E-state index is -1.32. The second kappa shape index (κ2) is 6.79. The van der Waals surface area contributed by atoms with Crippen molar-refractivity contribution < 1.29 is 18.7 Å². The topological polar surface area (TPSA) is 74.6 Å². The van der Waals surface area contributed by atoms with Crippen molar-refractivity contribution in [3.05, 3.63) is 39.9 Å². The fourth-order valence-corrected chi connectivity index (χ4v) is 4.23. The van der Waals surface area contributed by atoms with Crippen LogP contribution >= 0.6 is 0 Å². The number of carboxylic acids is 1. The van der Waals surface area contributed by atoms with Gasteiger partial charge in [-0.15, -0.1) is 0 Å². The summed E-state index contributed by atoms with van der Waals surface area (Å²) in [6, 6.07) is 3.29. The molecular weight excluding hydrogens is 380 g/mol. The van der Waals surface area contributed by atoms with E-state index in [1.165, 1.54) is 6.20 Å². The summed E-state index contributed by atoms with van der Waals surface area (Å²) in [6.07, 6.45) is 4.34. The minimum Gasteiger partial charge on any atom is -0.477 e. The van der Waals surface area contributed by atoms with Crippen LogP contribution in [0.3, 0.4) is 0 Å². The maximum Gasteiger partial charge on any atom is 0.341 e. The molecule has 29 heavy (non-hydrogen) atoms. The lowest BCUT2D eigenvalue weighted by molar-refractivity contribution is 0.0695. The number of hydrogen-bond donors (Lipinski definition) is 2. The number of carboxylic acid groups (broad SMARTS) is 1. The number of nitrogens with zero attached hydrogens (tertiary/aromatic N) is 2. The van der Waals surface area contributed by atoms with Gasteiger partial charge in [-0.05, 0) is 37.8 Å². The van der Waals surface area contributed by atoms with Crippen molar-refractivity contribution in [2.45, 2.75) is 43.9 Å². The molecule has 154 valence electrons. The molecule has 3 aliphatic rings. The SMILES string of the molecule is O=C(O)c1cn(C2CC2)c2cc(N3CC(F)C(CNC4CC4)C3)c(F)cc2c1=O. The number of halogens is 2. The van der Waals surface area contributed by atoms with Crippen LogP contribution in [0, 0.1) is 11.7 Å². The standard InChI is InChI=1S/C21H23F2N3O3/c22-16-5-14-18(26(13-3-4-13)9-15(20(14)27)21(28)29)6-19(16)25-8-11(17(23)10-25)7-24-12-1-2-12/h5-6,9,11-13,17,24H,1-4,7-8,10H2,(H,28,29). The van der Waals surface area contributed by atoms with E-state index in [0.717, 1.165) is 31.7 Å². The fraction of sp³-hybridized carbons (Fsp3) is 0.524. The van der Waals surface area contributed by atoms with Crippen LogP contribution in [0.5, 0.6) is 0 Å². The Morgan fingerprint density at radius 2 is 1.97 bits per heavy atom. The van der Waals surface area contributed by atoms with Gasteiger partial charge in [0.25, 0.3) is 0 Å². The number of rotatable bonds is 6. The molecule has 2 atom stereocenters. The van der Waals surface area contributed by atoms with Crippen molar-refractivity contribution in [1.29, 1.82) is 0 Å². The Morgan fingerprint density at radius 3 is 2.62 bits per heavy atom. The fourth-order valence-electron chi connectivity index (χ4n) is 4.23. The Hall–Kier alpha value is -2.48. The van der Waals surface area contributed by atoms with Crippen LogP contribution in [0.25, 0.3) is 10.9 Å². The number of aromatic nitrogens is 1. The molecule has 1 aromatic carbocycles. The van der Waals surface area contributed by atoms with Crippen molar-refractivity contribution in [3.63, 3.8) is 0 Å². The highest BCUT2D eigenvalue weighted by atomic mass is 19.1. The molecule has 5 rings (SSSR count). The highest BCUT2D eigenvalue weighted by molar-refractivity contribution is 5.93. The van der Waals surface area contributed by atoms with Gasteiger partial charge in [0.15, 0.2) is 0 Å². The molecule has 1 aromatic heterocycles. The van der Waals surface area contributed by atoms with E-state index in [1.807, 2.05) is 0 Å². The van der Waals surface area contributed by atoms with Gasteiger partial charge < -0.3 is 19.9 Å². The molecule has 1 saturated heterocycles. The monoisotopic (exact) mass is 403 g/mol. The highest BCUT2D eigenvalue weighted by Gasteiger charge is 2.36. The molecule has 8 heteroatoms. The van der Waals surface area contributed by atoms with Crippen LogP contribution in [-0.4, -0.2) is 47.5 Å². The number of alkyl halides is 1. The molecule has 0 radical (unpaired) electrons. The molecule has 2 unspecified atom stereocenters. The molecule has 0 spiro atoms. The first-order valence-corrected chi connectivity index (χ1v) is 10.2. The summed E-state index contributed by atoms with van der Waals surface area (Å²) in [4.78, 5) is 25.7. The molecule has 0 bridgehead atoms. The summed E-state index contributed by atoms with van der Waals surface area (Å²) in [6.45, 7) is 1.09. The number of carbonyl (C=O) groups is 1. The van der Waals surface area contributed by atoms with E-state index in [4.69, 9.17) is 0 Å². The van der Waals surface area contributed by atoms with Crippen LogP contribution in [0.1, 0.15) is 42.1 Å². The Morgan fingerprint density at radius 1 is 1.21 bits per heavy atom. The summed E-state index contributed by atoms with van der Waals surface area (Å²) in [5, 5.41) is 12.7. The van der Waals surface area contributed by atoms with Crippen LogP contribution < -0.4 is 15.6 Å². The summed E-state index contributed by atoms with van der Waals surface area (Å²) in [5.74, 6) is -2.14. The van der Waals surface area contributed by atoms with Crippen LogP contribution in [0.2, 0.25) is 0 Å². The largest absolute Gasteiger partial charge is 0.477 e. The summed E-state index contributed by atoms with van der Waals surface area (Å²) in [5.41, 5.74) is -0.265. The molecule has 3 fully saturated rings. The predicted octanol–water partition coefficient (Wildman–Crippen LogP) is 2.70. The number of fused-ring (bicyclic) bond motifs is 1. The number of hydrogen-bond acceptors (Lipinski definition) is 4. The van der Waals surface area contributed by atoms with Gasteiger partial charge in [0.2, 0.25) is 5.43 Å². The first kappa shape index (κ1) is 18.5. The van der Waals surface area contributed by atoms with Gasteiger partial charge in [-0.3, -0.25) is 4.79 Å². The third kappa shape index (κ3) is 3.39. The Kier molecular flexibility index (Phi) is 4.34. The number of benzene rings is 1. The van der Waals surface area contributed by atoms with Gasteiger partial charge in [-0.1, -0.05) is 0 Å². The molecule has 2 aliphatic carbocycles. The normalized spacial score (nSPS) is 24.4. The zero-order chi connectivity index (χ0) is 20.3. The van der Waals surface area contributed by atoms with Crippen molar-refractivity contribution >= 4 is 22.6 Å². The van der Waals surface area contributed by atoms with Crippen LogP contribution in [-0.2, 0) is 0 Å². The average Bonchev–Trinajstić information content (AvgIpc) is 3.59. The van der Waals surface area contributed by atoms with E-state index in [-0.39, 0.29) is 35.1 Å². The molecule has 0 amide bonds. The third-order valence-corrected chi connectivity index (χ3v) is 6.22. The van der Waals surface area contributed by atoms with E-state index in [0.29, 0.717) is 24.6 Å². The van der Waals surface area contributed by atoms with Gasteiger partial charge in [-0.2, -0.15) is 0 Å². The van der Waals surface area contributed by atoms with Gasteiger partial charge in [0.05, 0.1) is 11.2 Å². The lowest BCUT2D eigenvalue weighted by atomic mass is 10.1. The molecule has 1 aliphatic heterocycles. The van der Waals surface area contributed by atoms with E-state index in [9.17, 15) is 23.5 Å².